The molecule has 1 aliphatic heterocycles. The van der Waals surface area contributed by atoms with Crippen LogP contribution in [0.5, 0.6) is 0 Å². The number of piperazine rings is 1. The van der Waals surface area contributed by atoms with Crippen LogP contribution in [0.15, 0.2) is 30.4 Å². The van der Waals surface area contributed by atoms with Crippen LogP contribution in [-0.4, -0.2) is 54.5 Å². The van der Waals surface area contributed by atoms with Crippen molar-refractivity contribution < 1.29 is 19.2 Å². The van der Waals surface area contributed by atoms with Crippen LogP contribution in [0.4, 0.5) is 11.4 Å². The molecule has 1 aromatic rings. The number of hydrogen-bond donors (Lipinski definition) is 0. The maximum Gasteiger partial charge on any atom is 0.309 e. The number of halogens is 1. The second-order valence-corrected chi connectivity index (χ2v) is 7.28. The quantitative estimate of drug-likeness (QED) is 0.322. The Kier molecular flexibility index (Phi) is 6.51. The van der Waals surface area contributed by atoms with E-state index in [1.165, 1.54) is 6.07 Å². The molecule has 1 aliphatic carbocycles. The van der Waals surface area contributed by atoms with Crippen molar-refractivity contribution in [1.82, 2.24) is 4.90 Å². The zero-order valence-electron chi connectivity index (χ0n) is 15.4. The van der Waals surface area contributed by atoms with E-state index < -0.39 is 4.92 Å². The Balaban J connectivity index is 1.51. The smallest absolute Gasteiger partial charge is 0.309 e. The van der Waals surface area contributed by atoms with Crippen LogP contribution in [0, 0.1) is 16.0 Å². The van der Waals surface area contributed by atoms with Gasteiger partial charge in [0.15, 0.2) is 6.61 Å². The van der Waals surface area contributed by atoms with Gasteiger partial charge in [-0.2, -0.15) is 0 Å². The van der Waals surface area contributed by atoms with E-state index in [4.69, 9.17) is 16.3 Å². The number of hydrogen-bond acceptors (Lipinski definition) is 6. The summed E-state index contributed by atoms with van der Waals surface area (Å²) in [6, 6.07) is 4.56. The van der Waals surface area contributed by atoms with Gasteiger partial charge in [0.25, 0.3) is 11.6 Å². The van der Waals surface area contributed by atoms with Crippen LogP contribution < -0.4 is 4.90 Å². The Morgan fingerprint density at radius 3 is 2.61 bits per heavy atom. The van der Waals surface area contributed by atoms with Crippen LogP contribution in [-0.2, 0) is 14.3 Å². The van der Waals surface area contributed by atoms with Gasteiger partial charge < -0.3 is 14.5 Å². The maximum atomic E-state index is 12.3. The van der Waals surface area contributed by atoms with Gasteiger partial charge in [-0.05, 0) is 31.4 Å². The number of esters is 1. The Morgan fingerprint density at radius 1 is 1.21 bits per heavy atom. The monoisotopic (exact) mass is 407 g/mol. The fraction of sp³-hybridized carbons (Fsp3) is 0.474. The van der Waals surface area contributed by atoms with Gasteiger partial charge in [0.1, 0.15) is 5.69 Å². The number of benzene rings is 1. The minimum atomic E-state index is -0.460. The van der Waals surface area contributed by atoms with Crippen LogP contribution in [0.3, 0.4) is 0 Å². The maximum absolute atomic E-state index is 12.3. The Hall–Kier alpha value is -2.61. The molecule has 1 saturated heterocycles. The molecule has 9 heteroatoms. The topological polar surface area (TPSA) is 93.0 Å². The molecule has 0 aromatic heterocycles. The average molecular weight is 408 g/mol. The standard InChI is InChI=1S/C19H22ClN3O5/c20-15-6-7-16(17(12-15)23(26)27)21-8-10-22(11-9-21)18(24)13-28-19(25)14-4-2-1-3-5-14/h1-2,6-7,12,14H,3-5,8-11,13H2/t14-/m0/s1. The summed E-state index contributed by atoms with van der Waals surface area (Å²) in [6.07, 6.45) is 6.27. The summed E-state index contributed by atoms with van der Waals surface area (Å²) < 4.78 is 5.19. The van der Waals surface area contributed by atoms with Crippen molar-refractivity contribution in [3.63, 3.8) is 0 Å². The molecule has 0 saturated carbocycles. The molecule has 0 radical (unpaired) electrons. The minimum absolute atomic E-state index is 0.0530. The summed E-state index contributed by atoms with van der Waals surface area (Å²) >= 11 is 5.86. The van der Waals surface area contributed by atoms with E-state index in [-0.39, 0.29) is 30.1 Å². The highest BCUT2D eigenvalue weighted by molar-refractivity contribution is 6.30. The SMILES string of the molecule is O=C(OCC(=O)N1CCN(c2ccc(Cl)cc2[N+](=O)[O-])CC1)[C@H]1CC=CCC1. The number of ether oxygens (including phenoxy) is 1. The fourth-order valence-electron chi connectivity index (χ4n) is 3.46. The van der Waals surface area contributed by atoms with Gasteiger partial charge in [0, 0.05) is 37.3 Å². The third-order valence-corrected chi connectivity index (χ3v) is 5.28. The van der Waals surface area contributed by atoms with Gasteiger partial charge >= 0.3 is 5.97 Å². The zero-order valence-corrected chi connectivity index (χ0v) is 16.1. The Labute approximate surface area is 167 Å². The highest BCUT2D eigenvalue weighted by Gasteiger charge is 2.27. The van der Waals surface area contributed by atoms with E-state index >= 15 is 0 Å². The molecule has 0 unspecified atom stereocenters. The minimum Gasteiger partial charge on any atom is -0.455 e. The summed E-state index contributed by atoms with van der Waals surface area (Å²) in [4.78, 5) is 38.7. The number of carbonyl (C=O) groups excluding carboxylic acids is 2. The van der Waals surface area contributed by atoms with Crippen LogP contribution in [0.2, 0.25) is 5.02 Å². The van der Waals surface area contributed by atoms with Crippen molar-refractivity contribution >= 4 is 34.9 Å². The molecule has 1 aromatic carbocycles. The molecule has 28 heavy (non-hydrogen) atoms. The predicted molar refractivity (Wildman–Crippen MR) is 104 cm³/mol. The summed E-state index contributed by atoms with van der Waals surface area (Å²) in [5.74, 6) is -0.738. The van der Waals surface area contributed by atoms with Gasteiger partial charge in [-0.1, -0.05) is 23.8 Å². The molecule has 150 valence electrons. The second-order valence-electron chi connectivity index (χ2n) is 6.85. The second kappa shape index (κ2) is 9.05. The number of carbonyl (C=O) groups is 2. The summed E-state index contributed by atoms with van der Waals surface area (Å²) in [5, 5.41) is 11.6. The molecule has 1 heterocycles. The molecule has 8 nitrogen and oxygen atoms in total. The molecule has 1 fully saturated rings. The molecule has 3 rings (SSSR count). The molecule has 2 aliphatic rings. The summed E-state index contributed by atoms with van der Waals surface area (Å²) in [5.41, 5.74) is 0.431. The molecule has 1 amide bonds. The molecular weight excluding hydrogens is 386 g/mol. The number of nitro benzene ring substituents is 1. The molecule has 0 N–H and O–H groups in total. The first-order valence-corrected chi connectivity index (χ1v) is 9.62. The lowest BCUT2D eigenvalue weighted by Crippen LogP contribution is -2.50. The molecule has 0 spiro atoms. The number of nitro groups is 1. The normalized spacial score (nSPS) is 19.4. The molecule has 0 bridgehead atoms. The highest BCUT2D eigenvalue weighted by Crippen LogP contribution is 2.31. The van der Waals surface area contributed by atoms with Gasteiger partial charge in [-0.15, -0.1) is 0 Å². The van der Waals surface area contributed by atoms with Crippen molar-refractivity contribution in [2.75, 3.05) is 37.7 Å². The van der Waals surface area contributed by atoms with Gasteiger partial charge in [0.05, 0.1) is 10.8 Å². The van der Waals surface area contributed by atoms with E-state index in [1.54, 1.807) is 17.0 Å². The summed E-state index contributed by atoms with van der Waals surface area (Å²) in [7, 11) is 0. The first kappa shape index (κ1) is 20.1. The predicted octanol–water partition coefficient (Wildman–Crippen LogP) is 2.80. The van der Waals surface area contributed by atoms with Crippen molar-refractivity contribution in [2.24, 2.45) is 5.92 Å². The van der Waals surface area contributed by atoms with Gasteiger partial charge in [-0.25, -0.2) is 0 Å². The van der Waals surface area contributed by atoms with Crippen LogP contribution in [0.1, 0.15) is 19.3 Å². The number of amides is 1. The largest absolute Gasteiger partial charge is 0.455 e. The molecular formula is C19H22ClN3O5. The molecule has 1 atom stereocenters. The van der Waals surface area contributed by atoms with Crippen molar-refractivity contribution in [2.45, 2.75) is 19.3 Å². The lowest BCUT2D eigenvalue weighted by atomic mass is 9.95. The number of rotatable bonds is 5. The fourth-order valence-corrected chi connectivity index (χ4v) is 3.62. The van der Waals surface area contributed by atoms with Crippen molar-refractivity contribution in [1.29, 1.82) is 0 Å². The first-order valence-electron chi connectivity index (χ1n) is 9.24. The Morgan fingerprint density at radius 2 is 1.96 bits per heavy atom. The first-order chi connectivity index (χ1) is 13.5. The third-order valence-electron chi connectivity index (χ3n) is 5.05. The van der Waals surface area contributed by atoms with E-state index in [1.807, 2.05) is 17.1 Å². The highest BCUT2D eigenvalue weighted by atomic mass is 35.5. The van der Waals surface area contributed by atoms with E-state index in [9.17, 15) is 19.7 Å². The van der Waals surface area contributed by atoms with E-state index in [2.05, 4.69) is 0 Å². The number of nitrogens with zero attached hydrogens (tertiary/aromatic N) is 3. The Bertz CT molecular complexity index is 790. The van der Waals surface area contributed by atoms with E-state index in [0.717, 1.165) is 12.8 Å². The van der Waals surface area contributed by atoms with Crippen molar-refractivity contribution in [3.05, 3.63) is 45.5 Å². The summed E-state index contributed by atoms with van der Waals surface area (Å²) in [6.45, 7) is 1.45. The number of anilines is 1. The van der Waals surface area contributed by atoms with Crippen molar-refractivity contribution in [3.8, 4) is 0 Å². The van der Waals surface area contributed by atoms with Crippen LogP contribution in [0.25, 0.3) is 0 Å². The van der Waals surface area contributed by atoms with E-state index in [0.29, 0.717) is 43.3 Å². The lowest BCUT2D eigenvalue weighted by Gasteiger charge is -2.35. The lowest BCUT2D eigenvalue weighted by molar-refractivity contribution is -0.384. The number of allylic oxidation sites excluding steroid dienone is 2. The zero-order chi connectivity index (χ0) is 20.1. The van der Waals surface area contributed by atoms with Gasteiger partial charge in [0.2, 0.25) is 0 Å². The average Bonchev–Trinajstić information content (AvgIpc) is 2.72. The third kappa shape index (κ3) is 4.81. The van der Waals surface area contributed by atoms with Gasteiger partial charge in [-0.3, -0.25) is 19.7 Å². The van der Waals surface area contributed by atoms with Crippen LogP contribution >= 0.6 is 11.6 Å².